The first-order valence-electron chi connectivity index (χ1n) is 15.5. The third kappa shape index (κ3) is 6.27. The monoisotopic (exact) mass is 602 g/mol. The Labute approximate surface area is 263 Å². The number of phenols is 2. The molecule has 2 saturated carbocycles. The summed E-state index contributed by atoms with van der Waals surface area (Å²) in [5.74, 6) is -4.92. The van der Waals surface area contributed by atoms with Gasteiger partial charge in [-0.25, -0.2) is 0 Å². The van der Waals surface area contributed by atoms with Gasteiger partial charge in [0, 0.05) is 5.56 Å². The second-order valence-corrected chi connectivity index (χ2v) is 14.1. The number of aliphatic hydroxyl groups is 1. The first-order valence-corrected chi connectivity index (χ1v) is 15.5. The van der Waals surface area contributed by atoms with E-state index in [2.05, 4.69) is 19.2 Å². The van der Waals surface area contributed by atoms with Gasteiger partial charge in [-0.05, 0) is 115 Å². The van der Waals surface area contributed by atoms with Crippen LogP contribution < -0.4 is 0 Å². The van der Waals surface area contributed by atoms with Crippen LogP contribution >= 0.6 is 0 Å². The Morgan fingerprint density at radius 1 is 0.955 bits per heavy atom. The Morgan fingerprint density at radius 2 is 1.57 bits per heavy atom. The summed E-state index contributed by atoms with van der Waals surface area (Å²) in [6, 6.07) is 3.63. The van der Waals surface area contributed by atoms with Crippen LogP contribution in [0.1, 0.15) is 93.1 Å². The molecule has 0 saturated heterocycles. The molecule has 5 unspecified atom stereocenters. The van der Waals surface area contributed by atoms with E-state index in [0.29, 0.717) is 12.8 Å². The zero-order valence-corrected chi connectivity index (χ0v) is 27.7. The number of allylic oxidation sites excluding steroid dienone is 7. The maximum atomic E-state index is 14.8. The number of carbonyl (C=O) groups excluding carboxylic acids is 3. The first kappa shape index (κ1) is 34.8. The fourth-order valence-electron chi connectivity index (χ4n) is 7.36. The standard InChI is InChI=1S/C38H50O6/c1-21(2)11-13-25(24(7)8)19-27-28(15-12-22(3)4)37(9,10)38(18-17-23(5)6)35(43)31(27)34(42)32(36(38)44)33(41)26-14-16-29(39)30(40)20-26/h12,14,16-17,20,25,27-28,31,39-41H,1,7,11,13,15,18-19H2,2-6,8-10H3. The smallest absolute Gasteiger partial charge is 0.184 e. The Bertz CT molecular complexity index is 1460. The molecule has 2 aliphatic rings. The van der Waals surface area contributed by atoms with Crippen molar-refractivity contribution in [1.82, 2.24) is 0 Å². The van der Waals surface area contributed by atoms with Gasteiger partial charge in [-0.1, -0.05) is 54.9 Å². The van der Waals surface area contributed by atoms with Crippen molar-refractivity contribution in [2.45, 2.75) is 87.5 Å². The lowest BCUT2D eigenvalue weighted by atomic mass is 9.40. The van der Waals surface area contributed by atoms with Crippen molar-refractivity contribution in [2.24, 2.45) is 34.5 Å². The average Bonchev–Trinajstić information content (AvgIpc) is 2.90. The lowest BCUT2D eigenvalue weighted by Crippen LogP contribution is -2.68. The minimum atomic E-state index is -1.59. The van der Waals surface area contributed by atoms with Crippen molar-refractivity contribution in [3.8, 4) is 11.5 Å². The summed E-state index contributed by atoms with van der Waals surface area (Å²) in [6.45, 7) is 24.1. The van der Waals surface area contributed by atoms with E-state index in [0.717, 1.165) is 41.2 Å². The van der Waals surface area contributed by atoms with Crippen LogP contribution in [-0.2, 0) is 14.4 Å². The summed E-state index contributed by atoms with van der Waals surface area (Å²) >= 11 is 0. The maximum absolute atomic E-state index is 14.8. The number of aromatic hydroxyl groups is 2. The van der Waals surface area contributed by atoms with Gasteiger partial charge in [-0.2, -0.15) is 0 Å². The molecule has 0 heterocycles. The highest BCUT2D eigenvalue weighted by atomic mass is 16.3. The number of hydrogen-bond donors (Lipinski definition) is 3. The number of fused-ring (bicyclic) bond motifs is 2. The lowest BCUT2D eigenvalue weighted by Gasteiger charge is -2.60. The Hall–Kier alpha value is -3.67. The fourth-order valence-corrected chi connectivity index (χ4v) is 7.36. The van der Waals surface area contributed by atoms with Gasteiger partial charge >= 0.3 is 0 Å². The summed E-state index contributed by atoms with van der Waals surface area (Å²) in [7, 11) is 0. The Morgan fingerprint density at radius 3 is 2.09 bits per heavy atom. The van der Waals surface area contributed by atoms with Gasteiger partial charge in [-0.15, -0.1) is 6.58 Å². The number of benzene rings is 1. The van der Waals surface area contributed by atoms with Crippen molar-refractivity contribution in [2.75, 3.05) is 0 Å². The van der Waals surface area contributed by atoms with Crippen LogP contribution in [0.3, 0.4) is 0 Å². The van der Waals surface area contributed by atoms with Crippen LogP contribution in [0.15, 0.2) is 71.4 Å². The average molecular weight is 603 g/mol. The molecule has 44 heavy (non-hydrogen) atoms. The number of Topliss-reactive ketones (excluding diaryl/α,β-unsaturated/α-hetero) is 3. The van der Waals surface area contributed by atoms with E-state index < -0.39 is 57.1 Å². The van der Waals surface area contributed by atoms with Gasteiger partial charge in [-0.3, -0.25) is 14.4 Å². The number of carbonyl (C=O) groups is 3. The predicted octanol–water partition coefficient (Wildman–Crippen LogP) is 8.61. The van der Waals surface area contributed by atoms with E-state index in [4.69, 9.17) is 0 Å². The van der Waals surface area contributed by atoms with Crippen molar-refractivity contribution >= 4 is 23.1 Å². The highest BCUT2D eigenvalue weighted by Crippen LogP contribution is 2.64. The number of aliphatic hydroxyl groups excluding tert-OH is 1. The molecule has 0 aromatic heterocycles. The fraction of sp³-hybridized carbons (Fsp3) is 0.500. The minimum Gasteiger partial charge on any atom is -0.506 e. The second kappa shape index (κ2) is 13.1. The lowest BCUT2D eigenvalue weighted by molar-refractivity contribution is -0.174. The zero-order chi connectivity index (χ0) is 33.3. The molecule has 1 aromatic rings. The third-order valence-electron chi connectivity index (χ3n) is 10.1. The molecule has 2 bridgehead atoms. The van der Waals surface area contributed by atoms with E-state index in [1.165, 1.54) is 12.1 Å². The van der Waals surface area contributed by atoms with Crippen LogP contribution in [0.2, 0.25) is 0 Å². The normalized spacial score (nSPS) is 26.1. The molecule has 2 aliphatic carbocycles. The second-order valence-electron chi connectivity index (χ2n) is 14.1. The SMILES string of the molecule is C=C(C)CCC(CC1C2C(=O)C(=C(O)c3ccc(O)c(O)c3)C(=O)C(CC=C(C)C)(C2=O)C(C)(C)C1CC=C(C)C)C(=C)C. The predicted molar refractivity (Wildman–Crippen MR) is 176 cm³/mol. The van der Waals surface area contributed by atoms with Crippen LogP contribution in [0, 0.1) is 34.5 Å². The van der Waals surface area contributed by atoms with Gasteiger partial charge in [0.05, 0.1) is 5.92 Å². The van der Waals surface area contributed by atoms with E-state index in [1.54, 1.807) is 0 Å². The topological polar surface area (TPSA) is 112 Å². The molecule has 238 valence electrons. The van der Waals surface area contributed by atoms with Gasteiger partial charge in [0.2, 0.25) is 0 Å². The van der Waals surface area contributed by atoms with E-state index in [1.807, 2.05) is 61.5 Å². The molecule has 0 amide bonds. The molecular weight excluding hydrogens is 552 g/mol. The maximum Gasteiger partial charge on any atom is 0.184 e. The quantitative estimate of drug-likeness (QED) is 0.0584. The van der Waals surface area contributed by atoms with Gasteiger partial charge in [0.15, 0.2) is 28.8 Å². The molecule has 2 fully saturated rings. The molecular formula is C38H50O6. The summed E-state index contributed by atoms with van der Waals surface area (Å²) in [6.07, 6.45) is 6.84. The molecule has 3 rings (SSSR count). The Balaban J connectivity index is 2.38. The molecule has 6 nitrogen and oxygen atoms in total. The Kier molecular flexibility index (Phi) is 10.4. The summed E-state index contributed by atoms with van der Waals surface area (Å²) in [4.78, 5) is 44.0. The van der Waals surface area contributed by atoms with Crippen LogP contribution in [0.25, 0.3) is 5.76 Å². The first-order chi connectivity index (χ1) is 20.4. The van der Waals surface area contributed by atoms with Crippen molar-refractivity contribution < 1.29 is 29.7 Å². The number of phenolic OH excluding ortho intramolecular Hbond substituents is 2. The van der Waals surface area contributed by atoms with Crippen molar-refractivity contribution in [3.05, 3.63) is 76.9 Å². The number of rotatable bonds is 11. The largest absolute Gasteiger partial charge is 0.506 e. The molecule has 6 heteroatoms. The van der Waals surface area contributed by atoms with Crippen LogP contribution in [-0.4, -0.2) is 32.7 Å². The molecule has 3 N–H and O–H groups in total. The summed E-state index contributed by atoms with van der Waals surface area (Å²) in [5, 5.41) is 31.5. The van der Waals surface area contributed by atoms with E-state index in [9.17, 15) is 29.7 Å². The van der Waals surface area contributed by atoms with Gasteiger partial charge in [0.25, 0.3) is 0 Å². The van der Waals surface area contributed by atoms with Crippen molar-refractivity contribution in [3.63, 3.8) is 0 Å². The molecule has 1 aromatic carbocycles. The molecule has 5 atom stereocenters. The van der Waals surface area contributed by atoms with E-state index in [-0.39, 0.29) is 29.6 Å². The number of hydrogen-bond acceptors (Lipinski definition) is 6. The molecule has 0 spiro atoms. The van der Waals surface area contributed by atoms with Crippen LogP contribution in [0.5, 0.6) is 11.5 Å². The minimum absolute atomic E-state index is 0.0125. The summed E-state index contributed by atoms with van der Waals surface area (Å²) in [5.41, 5.74) is 1.19. The zero-order valence-electron chi connectivity index (χ0n) is 27.7. The summed E-state index contributed by atoms with van der Waals surface area (Å²) < 4.78 is 0. The van der Waals surface area contributed by atoms with Gasteiger partial charge in [0.1, 0.15) is 16.7 Å². The van der Waals surface area contributed by atoms with Gasteiger partial charge < -0.3 is 15.3 Å². The third-order valence-corrected chi connectivity index (χ3v) is 10.1. The molecule has 0 radical (unpaired) electrons. The van der Waals surface area contributed by atoms with Crippen LogP contribution in [0.4, 0.5) is 0 Å². The highest BCUT2D eigenvalue weighted by Gasteiger charge is 2.71. The van der Waals surface area contributed by atoms with E-state index >= 15 is 0 Å². The number of ketones is 3. The van der Waals surface area contributed by atoms with Crippen molar-refractivity contribution in [1.29, 1.82) is 0 Å². The molecule has 0 aliphatic heterocycles. The highest BCUT2D eigenvalue weighted by molar-refractivity contribution is 6.40.